The van der Waals surface area contributed by atoms with Gasteiger partial charge in [-0.1, -0.05) is 113 Å². The van der Waals surface area contributed by atoms with E-state index in [0.717, 1.165) is 36.6 Å². The quantitative estimate of drug-likeness (QED) is 0.123. The van der Waals surface area contributed by atoms with Gasteiger partial charge in [0.15, 0.2) is 12.7 Å². The molecule has 0 unspecified atom stereocenters. The molecule has 0 aliphatic rings. The van der Waals surface area contributed by atoms with Gasteiger partial charge in [0.2, 0.25) is 10.9 Å². The Morgan fingerprint density at radius 3 is 2.13 bits per heavy atom. The van der Waals surface area contributed by atoms with Crippen molar-refractivity contribution in [2.75, 3.05) is 11.9 Å². The second kappa shape index (κ2) is 17.8. The van der Waals surface area contributed by atoms with E-state index in [-0.39, 0.29) is 5.91 Å². The number of unbranched alkanes of at least 4 members (excludes halogenated alkanes) is 11. The van der Waals surface area contributed by atoms with E-state index < -0.39 is 0 Å². The predicted octanol–water partition coefficient (Wildman–Crippen LogP) is 8.65. The van der Waals surface area contributed by atoms with Gasteiger partial charge in [0.1, 0.15) is 5.75 Å². The van der Waals surface area contributed by atoms with Gasteiger partial charge in [0.25, 0.3) is 0 Å². The van der Waals surface area contributed by atoms with Crippen molar-refractivity contribution < 1.29 is 14.1 Å². The Labute approximate surface area is 234 Å². The lowest BCUT2D eigenvalue weighted by atomic mass is 10.1. The van der Waals surface area contributed by atoms with E-state index in [1.54, 1.807) is 11.3 Å². The molecule has 2 aromatic carbocycles. The second-order valence-electron chi connectivity index (χ2n) is 10.4. The zero-order valence-electron chi connectivity index (χ0n) is 23.6. The minimum Gasteiger partial charge on any atom is -0.494 e. The molecular weight excluding hydrogens is 488 g/mol. The summed E-state index contributed by atoms with van der Waals surface area (Å²) in [5.41, 5.74) is 3.01. The number of carbonyl (C=O) groups excluding carboxylic acids is 1. The Kier molecular flexibility index (Phi) is 14.0. The van der Waals surface area contributed by atoms with Crippen LogP contribution < -0.4 is 14.6 Å². The van der Waals surface area contributed by atoms with Crippen molar-refractivity contribution in [1.29, 1.82) is 0 Å². The van der Waals surface area contributed by atoms with Crippen molar-refractivity contribution in [3.63, 3.8) is 0 Å². The lowest BCUT2D eigenvalue weighted by Gasteiger charge is -2.09. The van der Waals surface area contributed by atoms with Crippen molar-refractivity contribution >= 4 is 22.9 Å². The Bertz CT molecular complexity index is 1060. The van der Waals surface area contributed by atoms with Crippen molar-refractivity contribution in [1.82, 2.24) is 0 Å². The molecule has 1 N–H and O–H groups in total. The summed E-state index contributed by atoms with van der Waals surface area (Å²) in [5, 5.41) is 6.40. The van der Waals surface area contributed by atoms with Crippen LogP contribution in [0.15, 0.2) is 60.1 Å². The standard InChI is InChI=1S/C33H46N2O2S/c1-3-4-5-6-7-8-9-10-11-12-13-14-23-37-32-17-15-16-30(25-32)26-33(36)34-31-20-18-29(19-21-31)27-35-22-24-38-28(35)2/h15-22,24-25H,3-14,23,26-27H2,1-2H3/p+1. The molecule has 0 spiro atoms. The van der Waals surface area contributed by atoms with E-state index in [1.807, 2.05) is 36.4 Å². The van der Waals surface area contributed by atoms with Gasteiger partial charge in [-0.05, 0) is 36.2 Å². The number of carbonyl (C=O) groups is 1. The molecule has 38 heavy (non-hydrogen) atoms. The number of aryl methyl sites for hydroxylation is 1. The maximum atomic E-state index is 12.6. The smallest absolute Gasteiger partial charge is 0.234 e. The van der Waals surface area contributed by atoms with Gasteiger partial charge in [-0.25, -0.2) is 0 Å². The van der Waals surface area contributed by atoms with Crippen molar-refractivity contribution in [3.8, 4) is 5.75 Å². The summed E-state index contributed by atoms with van der Waals surface area (Å²) < 4.78 is 8.20. The summed E-state index contributed by atoms with van der Waals surface area (Å²) in [7, 11) is 0. The number of anilines is 1. The van der Waals surface area contributed by atoms with E-state index in [9.17, 15) is 4.79 Å². The average molecular weight is 536 g/mol. The number of amides is 1. The van der Waals surface area contributed by atoms with Crippen LogP contribution in [0, 0.1) is 6.92 Å². The van der Waals surface area contributed by atoms with E-state index in [1.165, 1.54) is 81.2 Å². The molecule has 0 aliphatic heterocycles. The number of aromatic nitrogens is 1. The highest BCUT2D eigenvalue weighted by atomic mass is 32.1. The highest BCUT2D eigenvalue weighted by Gasteiger charge is 2.09. The summed E-state index contributed by atoms with van der Waals surface area (Å²) in [4.78, 5) is 12.6. The SMILES string of the molecule is CCCCCCCCCCCCCCOc1cccc(CC(=O)Nc2ccc(C[n+]3ccsc3C)cc2)c1. The fraction of sp³-hybridized carbons (Fsp3) is 0.515. The van der Waals surface area contributed by atoms with Gasteiger partial charge in [-0.3, -0.25) is 4.79 Å². The van der Waals surface area contributed by atoms with Crippen molar-refractivity contribution in [2.24, 2.45) is 0 Å². The zero-order valence-corrected chi connectivity index (χ0v) is 24.4. The van der Waals surface area contributed by atoms with Crippen LogP contribution in [0.5, 0.6) is 5.75 Å². The highest BCUT2D eigenvalue weighted by Crippen LogP contribution is 2.17. The molecule has 0 saturated heterocycles. The molecule has 0 fully saturated rings. The largest absolute Gasteiger partial charge is 0.494 e. The Balaban J connectivity index is 1.27. The van der Waals surface area contributed by atoms with Crippen LogP contribution >= 0.6 is 11.3 Å². The summed E-state index contributed by atoms with van der Waals surface area (Å²) in [6.07, 6.45) is 18.5. The summed E-state index contributed by atoms with van der Waals surface area (Å²) in [6.45, 7) is 5.98. The lowest BCUT2D eigenvalue weighted by molar-refractivity contribution is -0.689. The van der Waals surface area contributed by atoms with Crippen LogP contribution in [0.25, 0.3) is 0 Å². The van der Waals surface area contributed by atoms with Gasteiger partial charge < -0.3 is 10.1 Å². The molecule has 4 nitrogen and oxygen atoms in total. The number of benzene rings is 2. The Hall–Kier alpha value is -2.66. The molecule has 0 aliphatic carbocycles. The first-order valence-corrected chi connectivity index (χ1v) is 15.6. The first-order valence-electron chi connectivity index (χ1n) is 14.7. The molecule has 1 heterocycles. The lowest BCUT2D eigenvalue weighted by Crippen LogP contribution is -2.34. The average Bonchev–Trinajstić information content (AvgIpc) is 3.32. The number of nitrogens with one attached hydrogen (secondary N) is 1. The number of thiazole rings is 1. The number of rotatable bonds is 19. The highest BCUT2D eigenvalue weighted by molar-refractivity contribution is 7.09. The third-order valence-corrected chi connectivity index (χ3v) is 7.84. The minimum atomic E-state index is -0.0149. The van der Waals surface area contributed by atoms with Crippen LogP contribution in [0.3, 0.4) is 0 Å². The number of ether oxygens (including phenoxy) is 1. The van der Waals surface area contributed by atoms with Crippen LogP contribution in [0.4, 0.5) is 5.69 Å². The number of nitrogens with zero attached hydrogens (tertiary/aromatic N) is 1. The molecule has 3 aromatic rings. The molecule has 0 bridgehead atoms. The summed E-state index contributed by atoms with van der Waals surface area (Å²) in [5.74, 6) is 0.836. The third kappa shape index (κ3) is 11.8. The molecule has 0 radical (unpaired) electrons. The Morgan fingerprint density at radius 1 is 0.842 bits per heavy atom. The minimum absolute atomic E-state index is 0.0149. The van der Waals surface area contributed by atoms with E-state index in [4.69, 9.17) is 4.74 Å². The van der Waals surface area contributed by atoms with Crippen LogP contribution in [0.2, 0.25) is 0 Å². The second-order valence-corrected chi connectivity index (χ2v) is 11.5. The topological polar surface area (TPSA) is 42.2 Å². The van der Waals surface area contributed by atoms with E-state index in [2.05, 4.69) is 47.4 Å². The number of hydrogen-bond acceptors (Lipinski definition) is 3. The van der Waals surface area contributed by atoms with Gasteiger partial charge >= 0.3 is 0 Å². The molecule has 1 amide bonds. The van der Waals surface area contributed by atoms with Crippen LogP contribution in [-0.4, -0.2) is 12.5 Å². The Morgan fingerprint density at radius 2 is 1.50 bits per heavy atom. The van der Waals surface area contributed by atoms with Gasteiger partial charge in [-0.15, -0.1) is 0 Å². The van der Waals surface area contributed by atoms with Crippen molar-refractivity contribution in [3.05, 3.63) is 76.2 Å². The summed E-state index contributed by atoms with van der Waals surface area (Å²) in [6, 6.07) is 16.0. The first-order chi connectivity index (χ1) is 18.6. The molecule has 5 heteroatoms. The van der Waals surface area contributed by atoms with Crippen LogP contribution in [0.1, 0.15) is 100 Å². The van der Waals surface area contributed by atoms with Gasteiger partial charge in [0, 0.05) is 18.2 Å². The number of hydrogen-bond donors (Lipinski definition) is 1. The molecule has 0 saturated carbocycles. The van der Waals surface area contributed by atoms with Crippen molar-refractivity contribution in [2.45, 2.75) is 104 Å². The molecule has 206 valence electrons. The normalized spacial score (nSPS) is 11.0. The fourth-order valence-electron chi connectivity index (χ4n) is 4.70. The molecule has 0 atom stereocenters. The van der Waals surface area contributed by atoms with Crippen LogP contribution in [-0.2, 0) is 17.8 Å². The molecular formula is C33H47N2O2S+. The fourth-order valence-corrected chi connectivity index (χ4v) is 5.36. The maximum Gasteiger partial charge on any atom is 0.234 e. The van der Waals surface area contributed by atoms with Gasteiger partial charge in [0.05, 0.1) is 18.4 Å². The maximum absolute atomic E-state index is 12.6. The van der Waals surface area contributed by atoms with E-state index in [0.29, 0.717) is 6.42 Å². The monoisotopic (exact) mass is 535 g/mol. The molecule has 1 aromatic heterocycles. The summed E-state index contributed by atoms with van der Waals surface area (Å²) >= 11 is 1.75. The predicted molar refractivity (Wildman–Crippen MR) is 160 cm³/mol. The van der Waals surface area contributed by atoms with E-state index >= 15 is 0 Å². The zero-order chi connectivity index (χ0) is 26.8. The molecule has 3 rings (SSSR count). The third-order valence-electron chi connectivity index (χ3n) is 7.00. The van der Waals surface area contributed by atoms with Gasteiger partial charge in [-0.2, -0.15) is 4.57 Å². The first kappa shape index (κ1) is 29.9.